The second-order valence-corrected chi connectivity index (χ2v) is 4.41. The summed E-state index contributed by atoms with van der Waals surface area (Å²) < 4.78 is 12.4. The van der Waals surface area contributed by atoms with Crippen LogP contribution < -0.4 is 0 Å². The lowest BCUT2D eigenvalue weighted by molar-refractivity contribution is -0.0473. The molecule has 0 unspecified atom stereocenters. The van der Waals surface area contributed by atoms with E-state index in [1.807, 2.05) is 30.5 Å². The van der Waals surface area contributed by atoms with Gasteiger partial charge in [-0.05, 0) is 11.6 Å². The van der Waals surface area contributed by atoms with Gasteiger partial charge in [0.25, 0.3) is 0 Å². The number of ether oxygens (including phenoxy) is 2. The molecule has 0 amide bonds. The molecular weight excluding hydrogens is 254 g/mol. The number of halogens is 1. The standard InChI is InChI=1S/C12H12ClN3O2/c13-10-4-2-1-3-9(10)7-16-8-11(14-15-16)12-17-5-6-18-12/h1-4,8,12H,5-7H2. The van der Waals surface area contributed by atoms with E-state index in [-0.39, 0.29) is 6.29 Å². The van der Waals surface area contributed by atoms with Gasteiger partial charge in [-0.1, -0.05) is 35.0 Å². The van der Waals surface area contributed by atoms with Crippen LogP contribution in [-0.4, -0.2) is 28.2 Å². The molecule has 0 atom stereocenters. The molecule has 1 saturated heterocycles. The normalized spacial score (nSPS) is 16.3. The summed E-state index contributed by atoms with van der Waals surface area (Å²) >= 11 is 6.10. The second-order valence-electron chi connectivity index (χ2n) is 4.01. The van der Waals surface area contributed by atoms with E-state index in [0.29, 0.717) is 25.5 Å². The van der Waals surface area contributed by atoms with Crippen LogP contribution in [0.4, 0.5) is 0 Å². The third kappa shape index (κ3) is 2.38. The fourth-order valence-corrected chi connectivity index (χ4v) is 2.02. The minimum absolute atomic E-state index is 0.384. The van der Waals surface area contributed by atoms with Gasteiger partial charge in [-0.3, -0.25) is 0 Å². The molecule has 0 N–H and O–H groups in total. The first-order valence-electron chi connectivity index (χ1n) is 5.69. The van der Waals surface area contributed by atoms with E-state index in [1.54, 1.807) is 4.68 Å². The van der Waals surface area contributed by atoms with Crippen molar-refractivity contribution in [2.45, 2.75) is 12.8 Å². The summed E-state index contributed by atoms with van der Waals surface area (Å²) in [6.45, 7) is 1.78. The zero-order valence-corrected chi connectivity index (χ0v) is 10.4. The van der Waals surface area contributed by atoms with Crippen LogP contribution in [0.15, 0.2) is 30.5 Å². The molecule has 3 rings (SSSR count). The number of hydrogen-bond acceptors (Lipinski definition) is 4. The SMILES string of the molecule is Clc1ccccc1Cn1cc(C2OCCO2)nn1. The van der Waals surface area contributed by atoms with E-state index in [0.717, 1.165) is 10.6 Å². The minimum Gasteiger partial charge on any atom is -0.345 e. The lowest BCUT2D eigenvalue weighted by Crippen LogP contribution is -2.01. The first kappa shape index (κ1) is 11.6. The molecule has 18 heavy (non-hydrogen) atoms. The molecule has 94 valence electrons. The highest BCUT2D eigenvalue weighted by Gasteiger charge is 2.21. The van der Waals surface area contributed by atoms with E-state index in [1.165, 1.54) is 0 Å². The molecular formula is C12H12ClN3O2. The predicted molar refractivity (Wildman–Crippen MR) is 65.2 cm³/mol. The Hall–Kier alpha value is -1.43. The summed E-state index contributed by atoms with van der Waals surface area (Å²) in [7, 11) is 0. The predicted octanol–water partition coefficient (Wildman–Crippen LogP) is 2.03. The first-order chi connectivity index (χ1) is 8.83. The van der Waals surface area contributed by atoms with E-state index in [2.05, 4.69) is 10.3 Å². The van der Waals surface area contributed by atoms with Crippen LogP contribution in [0.5, 0.6) is 0 Å². The third-order valence-electron chi connectivity index (χ3n) is 2.71. The van der Waals surface area contributed by atoms with Crippen molar-refractivity contribution in [1.29, 1.82) is 0 Å². The Morgan fingerprint density at radius 2 is 2.06 bits per heavy atom. The summed E-state index contributed by atoms with van der Waals surface area (Å²) in [5.41, 5.74) is 1.70. The average Bonchev–Trinajstić information content (AvgIpc) is 3.02. The summed E-state index contributed by atoms with van der Waals surface area (Å²) in [5, 5.41) is 8.81. The molecule has 6 heteroatoms. The molecule has 1 aromatic heterocycles. The van der Waals surface area contributed by atoms with Crippen LogP contribution in [0.25, 0.3) is 0 Å². The molecule has 1 fully saturated rings. The number of nitrogens with zero attached hydrogens (tertiary/aromatic N) is 3. The maximum Gasteiger partial charge on any atom is 0.204 e. The number of aromatic nitrogens is 3. The molecule has 0 aliphatic carbocycles. The highest BCUT2D eigenvalue weighted by molar-refractivity contribution is 6.31. The molecule has 1 aliphatic rings. The van der Waals surface area contributed by atoms with Crippen molar-refractivity contribution in [3.8, 4) is 0 Å². The van der Waals surface area contributed by atoms with Gasteiger partial charge in [-0.2, -0.15) is 0 Å². The molecule has 5 nitrogen and oxygen atoms in total. The molecule has 0 radical (unpaired) electrons. The molecule has 2 heterocycles. The van der Waals surface area contributed by atoms with Gasteiger partial charge in [0, 0.05) is 5.02 Å². The average molecular weight is 266 g/mol. The number of benzene rings is 1. The van der Waals surface area contributed by atoms with Crippen molar-refractivity contribution in [1.82, 2.24) is 15.0 Å². The summed E-state index contributed by atoms with van der Waals surface area (Å²) in [6.07, 6.45) is 1.43. The molecule has 0 bridgehead atoms. The van der Waals surface area contributed by atoms with Gasteiger partial charge >= 0.3 is 0 Å². The highest BCUT2D eigenvalue weighted by Crippen LogP contribution is 2.21. The first-order valence-corrected chi connectivity index (χ1v) is 6.07. The molecule has 1 aliphatic heterocycles. The maximum atomic E-state index is 6.10. The van der Waals surface area contributed by atoms with Crippen molar-refractivity contribution in [3.63, 3.8) is 0 Å². The summed E-state index contributed by atoms with van der Waals surface area (Å²) in [5.74, 6) is 0. The molecule has 1 aromatic carbocycles. The summed E-state index contributed by atoms with van der Waals surface area (Å²) in [4.78, 5) is 0. The molecule has 2 aromatic rings. The Morgan fingerprint density at radius 1 is 1.28 bits per heavy atom. The highest BCUT2D eigenvalue weighted by atomic mass is 35.5. The Morgan fingerprint density at radius 3 is 2.83 bits per heavy atom. The van der Waals surface area contributed by atoms with Crippen molar-refractivity contribution >= 4 is 11.6 Å². The van der Waals surface area contributed by atoms with E-state index in [9.17, 15) is 0 Å². The zero-order chi connectivity index (χ0) is 12.4. The van der Waals surface area contributed by atoms with Crippen molar-refractivity contribution < 1.29 is 9.47 Å². The van der Waals surface area contributed by atoms with Crippen molar-refractivity contribution in [2.24, 2.45) is 0 Å². The third-order valence-corrected chi connectivity index (χ3v) is 3.08. The van der Waals surface area contributed by atoms with Gasteiger partial charge in [-0.25, -0.2) is 4.68 Å². The quantitative estimate of drug-likeness (QED) is 0.852. The molecule has 0 spiro atoms. The van der Waals surface area contributed by atoms with Gasteiger partial charge in [0.1, 0.15) is 5.69 Å². The van der Waals surface area contributed by atoms with E-state index in [4.69, 9.17) is 21.1 Å². The Labute approximate surface area is 109 Å². The van der Waals surface area contributed by atoms with Crippen molar-refractivity contribution in [3.05, 3.63) is 46.7 Å². The van der Waals surface area contributed by atoms with Gasteiger partial charge in [0.15, 0.2) is 0 Å². The van der Waals surface area contributed by atoms with Crippen molar-refractivity contribution in [2.75, 3.05) is 13.2 Å². The van der Waals surface area contributed by atoms with Crippen LogP contribution in [0.2, 0.25) is 5.02 Å². The monoisotopic (exact) mass is 265 g/mol. The van der Waals surface area contributed by atoms with Gasteiger partial charge < -0.3 is 9.47 Å². The fraction of sp³-hybridized carbons (Fsp3) is 0.333. The Bertz CT molecular complexity index is 538. The second kappa shape index (κ2) is 5.06. The largest absolute Gasteiger partial charge is 0.345 e. The lowest BCUT2D eigenvalue weighted by atomic mass is 10.2. The van der Waals surface area contributed by atoms with Gasteiger partial charge in [-0.15, -0.1) is 5.10 Å². The lowest BCUT2D eigenvalue weighted by Gasteiger charge is -2.04. The Kier molecular flexibility index (Phi) is 3.27. The fourth-order valence-electron chi connectivity index (χ4n) is 1.83. The van der Waals surface area contributed by atoms with Crippen LogP contribution in [0.1, 0.15) is 17.5 Å². The zero-order valence-electron chi connectivity index (χ0n) is 9.62. The molecule has 0 saturated carbocycles. The summed E-state index contributed by atoms with van der Waals surface area (Å²) in [6, 6.07) is 7.67. The smallest absolute Gasteiger partial charge is 0.204 e. The topological polar surface area (TPSA) is 49.2 Å². The minimum atomic E-state index is -0.384. The van der Waals surface area contributed by atoms with Crippen LogP contribution in [0, 0.1) is 0 Å². The maximum absolute atomic E-state index is 6.10. The number of rotatable bonds is 3. The van der Waals surface area contributed by atoms with E-state index < -0.39 is 0 Å². The van der Waals surface area contributed by atoms with E-state index >= 15 is 0 Å². The van der Waals surface area contributed by atoms with Crippen LogP contribution in [0.3, 0.4) is 0 Å². The van der Waals surface area contributed by atoms with Crippen LogP contribution >= 0.6 is 11.6 Å². The Balaban J connectivity index is 1.75. The van der Waals surface area contributed by atoms with Gasteiger partial charge in [0.05, 0.1) is 26.0 Å². The van der Waals surface area contributed by atoms with Gasteiger partial charge in [0.2, 0.25) is 6.29 Å². The van der Waals surface area contributed by atoms with Crippen LogP contribution in [-0.2, 0) is 16.0 Å². The number of hydrogen-bond donors (Lipinski definition) is 0.